The van der Waals surface area contributed by atoms with Gasteiger partial charge in [-0.25, -0.2) is 5.43 Å². The van der Waals surface area contributed by atoms with E-state index in [9.17, 15) is 20.0 Å². The van der Waals surface area contributed by atoms with Gasteiger partial charge in [0.15, 0.2) is 11.9 Å². The van der Waals surface area contributed by atoms with Gasteiger partial charge in [0.2, 0.25) is 5.75 Å². The van der Waals surface area contributed by atoms with E-state index in [0.717, 1.165) is 17.2 Å². The zero-order valence-electron chi connectivity index (χ0n) is 15.9. The molecule has 0 fully saturated rings. The van der Waals surface area contributed by atoms with Crippen molar-refractivity contribution in [3.05, 3.63) is 57.1 Å². The highest BCUT2D eigenvalue weighted by Gasteiger charge is 2.19. The summed E-state index contributed by atoms with van der Waals surface area (Å²) in [6, 6.07) is 7.98. The highest BCUT2D eigenvalue weighted by atomic mass is 16.6. The first-order valence-electron chi connectivity index (χ1n) is 8.35. The summed E-state index contributed by atoms with van der Waals surface area (Å²) < 4.78 is 10.5. The molecule has 0 aliphatic heterocycles. The summed E-state index contributed by atoms with van der Waals surface area (Å²) in [5, 5.41) is 24.5. The minimum absolute atomic E-state index is 0.0755. The first kappa shape index (κ1) is 20.7. The maximum atomic E-state index is 12.1. The van der Waals surface area contributed by atoms with E-state index < -0.39 is 28.4 Å². The molecule has 1 atom stereocenters. The first-order valence-corrected chi connectivity index (χ1v) is 8.35. The van der Waals surface area contributed by atoms with E-state index in [1.165, 1.54) is 19.4 Å². The third kappa shape index (κ3) is 4.97. The number of nitrogens with one attached hydrogen (secondary N) is 1. The zero-order chi connectivity index (χ0) is 20.8. The Hall–Kier alpha value is -3.62. The number of ether oxygens (including phenoxy) is 2. The van der Waals surface area contributed by atoms with Crippen molar-refractivity contribution in [1.29, 1.82) is 0 Å². The Labute approximate surface area is 161 Å². The number of phenols is 1. The van der Waals surface area contributed by atoms with Crippen LogP contribution in [0.25, 0.3) is 0 Å². The molecule has 2 N–H and O–H groups in total. The van der Waals surface area contributed by atoms with Crippen LogP contribution in [0.3, 0.4) is 0 Å². The average Bonchev–Trinajstić information content (AvgIpc) is 2.65. The van der Waals surface area contributed by atoms with E-state index in [4.69, 9.17) is 9.47 Å². The molecule has 0 aromatic heterocycles. The topological polar surface area (TPSA) is 123 Å². The van der Waals surface area contributed by atoms with E-state index in [-0.39, 0.29) is 11.3 Å². The molecular weight excluding hydrogens is 366 g/mol. The molecule has 0 saturated carbocycles. The van der Waals surface area contributed by atoms with Gasteiger partial charge < -0.3 is 14.6 Å². The number of carbonyl (C=O) groups is 1. The van der Waals surface area contributed by atoms with Crippen LogP contribution in [-0.2, 0) is 4.79 Å². The van der Waals surface area contributed by atoms with Gasteiger partial charge in [0.25, 0.3) is 5.91 Å². The van der Waals surface area contributed by atoms with Gasteiger partial charge >= 0.3 is 5.69 Å². The number of phenolic OH excluding ortho intramolecular Hbond substituents is 1. The van der Waals surface area contributed by atoms with E-state index in [0.29, 0.717) is 5.75 Å². The van der Waals surface area contributed by atoms with Gasteiger partial charge in [-0.3, -0.25) is 14.9 Å². The van der Waals surface area contributed by atoms with E-state index in [1.54, 1.807) is 13.0 Å². The Morgan fingerprint density at radius 2 is 2.00 bits per heavy atom. The van der Waals surface area contributed by atoms with E-state index in [1.807, 2.05) is 26.0 Å². The van der Waals surface area contributed by atoms with Gasteiger partial charge in [0.1, 0.15) is 5.75 Å². The standard InChI is InChI=1S/C19H21N3O6/c1-11-5-6-15(7-12(11)2)28-13(3)19(24)21-20-10-14-8-16(22(25)26)18(23)17(9-14)27-4/h5-10,13,23H,1-4H3,(H,21,24)/b20-10+. The number of aryl methyl sites for hydroxylation is 2. The molecule has 0 bridgehead atoms. The minimum atomic E-state index is -0.803. The predicted molar refractivity (Wildman–Crippen MR) is 103 cm³/mol. The number of rotatable bonds is 7. The van der Waals surface area contributed by atoms with Crippen LogP contribution in [0.1, 0.15) is 23.6 Å². The fourth-order valence-corrected chi connectivity index (χ4v) is 2.29. The Morgan fingerprint density at radius 3 is 2.61 bits per heavy atom. The van der Waals surface area contributed by atoms with Gasteiger partial charge in [-0.05, 0) is 50.1 Å². The van der Waals surface area contributed by atoms with Crippen molar-refractivity contribution in [2.24, 2.45) is 5.10 Å². The molecule has 0 heterocycles. The maximum absolute atomic E-state index is 12.1. The number of nitro benzene ring substituents is 1. The maximum Gasteiger partial charge on any atom is 0.315 e. The lowest BCUT2D eigenvalue weighted by atomic mass is 10.1. The Morgan fingerprint density at radius 1 is 1.29 bits per heavy atom. The molecule has 9 nitrogen and oxygen atoms in total. The highest BCUT2D eigenvalue weighted by molar-refractivity contribution is 5.86. The number of nitro groups is 1. The average molecular weight is 387 g/mol. The molecular formula is C19H21N3O6. The second kappa shape index (κ2) is 8.85. The van der Waals surface area contributed by atoms with Gasteiger partial charge in [-0.2, -0.15) is 5.10 Å². The van der Waals surface area contributed by atoms with Crippen molar-refractivity contribution in [2.45, 2.75) is 26.9 Å². The van der Waals surface area contributed by atoms with Crippen LogP contribution in [0, 0.1) is 24.0 Å². The normalized spacial score (nSPS) is 11.9. The van der Waals surface area contributed by atoms with Crippen LogP contribution in [-0.4, -0.2) is 35.4 Å². The number of aromatic hydroxyl groups is 1. The van der Waals surface area contributed by atoms with Crippen LogP contribution in [0.15, 0.2) is 35.4 Å². The lowest BCUT2D eigenvalue weighted by Gasteiger charge is -2.14. The monoisotopic (exact) mass is 387 g/mol. The number of nitrogens with zero attached hydrogens (tertiary/aromatic N) is 2. The number of hydrogen-bond acceptors (Lipinski definition) is 7. The Balaban J connectivity index is 2.05. The molecule has 1 amide bonds. The predicted octanol–water partition coefficient (Wildman–Crippen LogP) is 2.84. The third-order valence-electron chi connectivity index (χ3n) is 4.04. The molecule has 2 aromatic rings. The summed E-state index contributed by atoms with van der Waals surface area (Å²) in [5.74, 6) is -0.583. The van der Waals surface area contributed by atoms with Crippen LogP contribution in [0.5, 0.6) is 17.2 Å². The van der Waals surface area contributed by atoms with Gasteiger partial charge in [-0.1, -0.05) is 6.07 Å². The molecule has 1 unspecified atom stereocenters. The summed E-state index contributed by atoms with van der Waals surface area (Å²) in [6.07, 6.45) is 0.401. The molecule has 0 aliphatic carbocycles. The summed E-state index contributed by atoms with van der Waals surface area (Å²) in [5.41, 5.74) is 4.21. The first-order chi connectivity index (χ1) is 13.2. The van der Waals surface area contributed by atoms with Gasteiger partial charge in [0.05, 0.1) is 18.2 Å². The van der Waals surface area contributed by atoms with Crippen molar-refractivity contribution < 1.29 is 24.3 Å². The molecule has 0 spiro atoms. The summed E-state index contributed by atoms with van der Waals surface area (Å²) in [7, 11) is 1.27. The fourth-order valence-electron chi connectivity index (χ4n) is 2.29. The van der Waals surface area contributed by atoms with E-state index in [2.05, 4.69) is 10.5 Å². The third-order valence-corrected chi connectivity index (χ3v) is 4.04. The molecule has 0 radical (unpaired) electrons. The number of amides is 1. The smallest absolute Gasteiger partial charge is 0.315 e. The van der Waals surface area contributed by atoms with Crippen LogP contribution < -0.4 is 14.9 Å². The van der Waals surface area contributed by atoms with Crippen molar-refractivity contribution in [2.75, 3.05) is 7.11 Å². The van der Waals surface area contributed by atoms with Gasteiger partial charge in [-0.15, -0.1) is 0 Å². The molecule has 0 aliphatic rings. The van der Waals surface area contributed by atoms with Crippen LogP contribution in [0.2, 0.25) is 0 Å². The zero-order valence-corrected chi connectivity index (χ0v) is 15.9. The minimum Gasteiger partial charge on any atom is -0.500 e. The Kier molecular flexibility index (Phi) is 6.54. The van der Waals surface area contributed by atoms with Gasteiger partial charge in [0, 0.05) is 11.6 Å². The summed E-state index contributed by atoms with van der Waals surface area (Å²) >= 11 is 0. The number of benzene rings is 2. The quantitative estimate of drug-likeness (QED) is 0.428. The number of methoxy groups -OCH3 is 1. The number of carbonyl (C=O) groups excluding carboxylic acids is 1. The fraction of sp³-hybridized carbons (Fsp3) is 0.263. The molecule has 28 heavy (non-hydrogen) atoms. The van der Waals surface area contributed by atoms with E-state index >= 15 is 0 Å². The molecule has 9 heteroatoms. The molecule has 0 saturated heterocycles. The SMILES string of the molecule is COc1cc(/C=N/NC(=O)C(C)Oc2ccc(C)c(C)c2)cc([N+](=O)[O-])c1O. The lowest BCUT2D eigenvalue weighted by Crippen LogP contribution is -2.33. The lowest BCUT2D eigenvalue weighted by molar-refractivity contribution is -0.386. The number of hydrogen-bond donors (Lipinski definition) is 2. The number of hydrazone groups is 1. The van der Waals surface area contributed by atoms with Crippen LogP contribution in [0.4, 0.5) is 5.69 Å². The second-order valence-electron chi connectivity index (χ2n) is 6.09. The van der Waals surface area contributed by atoms with Crippen molar-refractivity contribution >= 4 is 17.8 Å². The highest BCUT2D eigenvalue weighted by Crippen LogP contribution is 2.36. The van der Waals surface area contributed by atoms with Crippen LogP contribution >= 0.6 is 0 Å². The summed E-state index contributed by atoms with van der Waals surface area (Å²) in [4.78, 5) is 22.4. The van der Waals surface area contributed by atoms with Crippen molar-refractivity contribution in [3.8, 4) is 17.2 Å². The molecule has 2 rings (SSSR count). The second-order valence-corrected chi connectivity index (χ2v) is 6.09. The summed E-state index contributed by atoms with van der Waals surface area (Å²) in [6.45, 7) is 5.50. The van der Waals surface area contributed by atoms with Crippen molar-refractivity contribution in [3.63, 3.8) is 0 Å². The largest absolute Gasteiger partial charge is 0.500 e. The molecule has 2 aromatic carbocycles. The van der Waals surface area contributed by atoms with Crippen molar-refractivity contribution in [1.82, 2.24) is 5.43 Å². The molecule has 148 valence electrons. The Bertz CT molecular complexity index is 926.